The monoisotopic (exact) mass is 1120 g/mol. The van der Waals surface area contributed by atoms with E-state index in [1.807, 2.05) is 0 Å². The highest BCUT2D eigenvalue weighted by Crippen LogP contribution is 2.39. The van der Waals surface area contributed by atoms with E-state index in [2.05, 4.69) is 0 Å². The fraction of sp³-hybridized carbons (Fsp3) is 1.00. The van der Waals surface area contributed by atoms with Gasteiger partial charge in [0.05, 0.1) is 39.6 Å². The van der Waals surface area contributed by atoms with E-state index in [0.29, 0.717) is 0 Å². The third kappa shape index (κ3) is 12.8. The van der Waals surface area contributed by atoms with E-state index in [-0.39, 0.29) is 6.42 Å². The van der Waals surface area contributed by atoms with Crippen LogP contribution in [-0.2, 0) is 76.7 Å². The summed E-state index contributed by atoms with van der Waals surface area (Å²) in [7, 11) is -5.07. The first-order chi connectivity index (χ1) is 35.6. The van der Waals surface area contributed by atoms with Crippen LogP contribution in [0.3, 0.4) is 0 Å². The highest BCUT2D eigenvalue weighted by Gasteiger charge is 2.59. The van der Waals surface area contributed by atoms with Gasteiger partial charge in [-0.05, 0) is 6.42 Å². The van der Waals surface area contributed by atoms with Crippen molar-refractivity contribution in [2.45, 2.75) is 209 Å². The van der Waals surface area contributed by atoms with E-state index in [9.17, 15) is 99.8 Å². The van der Waals surface area contributed by atoms with Crippen LogP contribution in [0, 0.1) is 0 Å². The Morgan fingerprint density at radius 1 is 0.360 bits per heavy atom. The average molecular weight is 1130 g/mol. The van der Waals surface area contributed by atoms with Crippen LogP contribution in [0.2, 0.25) is 0 Å². The summed E-state index contributed by atoms with van der Waals surface area (Å²) in [5.41, 5.74) is -2.14. The zero-order valence-corrected chi connectivity index (χ0v) is 40.4. The minimum absolute atomic E-state index is 0.0621. The van der Waals surface area contributed by atoms with Gasteiger partial charge in [0.2, 0.25) is 5.44 Å². The lowest BCUT2D eigenvalue weighted by Crippen LogP contribution is -2.69. The summed E-state index contributed by atoms with van der Waals surface area (Å²) in [6.45, 7) is -4.94. The molecule has 0 aromatic carbocycles. The van der Waals surface area contributed by atoms with Gasteiger partial charge in [0, 0.05) is 0 Å². The Labute approximate surface area is 425 Å². The molecule has 22 aliphatic heterocycles. The van der Waals surface area contributed by atoms with Crippen LogP contribution < -0.4 is 0 Å². The van der Waals surface area contributed by atoms with Crippen LogP contribution in [0.4, 0.5) is 0 Å². The predicted molar refractivity (Wildman–Crippen MR) is 226 cm³/mol. The third-order valence-electron chi connectivity index (χ3n) is 13.8. The lowest BCUT2D eigenvalue weighted by molar-refractivity contribution is -0.433. The summed E-state index contributed by atoms with van der Waals surface area (Å²) in [6.07, 6.45) is -61.7. The smallest absolute Gasteiger partial charge is 0.295 e. The summed E-state index contributed by atoms with van der Waals surface area (Å²) in [4.78, 5) is 10.4. The number of hydrogen-bond acceptors (Lipinski definition) is 33. The van der Waals surface area contributed by atoms with Crippen molar-refractivity contribution in [1.82, 2.24) is 0 Å². The van der Waals surface area contributed by atoms with Crippen molar-refractivity contribution in [3.05, 3.63) is 0 Å². The SMILES string of the molecule is CCCC(OO[C@@H]1[C@@H](O)[C@H]2O[C@H]3[C@H](O)[C@@H](O)[C@@H](O[C@H]4[C@H](O)[C@@H](O)[C@@H](O[C@H]5[C@H](O)[C@@H](O)[C@@H](O[C@H]6[C@H](O)[C@@H](O)[C@@H](O[C@H]7[C@H](O)[C@@H](O)[C@@H](O[C@H]1[C@@H](CO)O2)O[C@@H]7CO)O[C@@H]6CO)O[C@@H]5CO)O[C@@H]4CO)O[C@@H]3CO)S(=O)(=O)O. The van der Waals surface area contributed by atoms with Gasteiger partial charge in [-0.15, -0.1) is 0 Å². The van der Waals surface area contributed by atoms with Crippen LogP contribution in [0.1, 0.15) is 19.8 Å². The molecule has 34 nitrogen and oxygen atoms in total. The molecule has 0 radical (unpaired) electrons. The van der Waals surface area contributed by atoms with Crippen molar-refractivity contribution in [3.63, 3.8) is 0 Å². The fourth-order valence-corrected chi connectivity index (χ4v) is 10.3. The molecule has 22 aliphatic rings. The largest absolute Gasteiger partial charge is 0.394 e. The molecule has 75 heavy (non-hydrogen) atoms. The molecule has 35 heteroatoms. The molecule has 31 atom stereocenters. The van der Waals surface area contributed by atoms with Crippen LogP contribution >= 0.6 is 0 Å². The first kappa shape index (κ1) is 61.3. The minimum Gasteiger partial charge on any atom is -0.394 e. The Morgan fingerprint density at radius 3 is 0.813 bits per heavy atom. The number of ether oxygens (including phenoxy) is 12. The van der Waals surface area contributed by atoms with Gasteiger partial charge in [-0.25, -0.2) is 9.78 Å². The Morgan fingerprint density at radius 2 is 0.587 bits per heavy atom. The molecule has 0 aliphatic carbocycles. The van der Waals surface area contributed by atoms with E-state index in [4.69, 9.17) is 66.6 Å². The Kier molecular flexibility index (Phi) is 21.3. The molecule has 22 heterocycles. The number of aliphatic hydroxyl groups excluding tert-OH is 17. The maximum atomic E-state index is 12.2. The first-order valence-corrected chi connectivity index (χ1v) is 25.4. The molecule has 0 aromatic heterocycles. The van der Waals surface area contributed by atoms with Gasteiger partial charge < -0.3 is 144 Å². The van der Waals surface area contributed by atoms with Crippen LogP contribution in [0.25, 0.3) is 0 Å². The standard InChI is InChI=1S/C40H68O34S/c1-2-3-16(75(58,59)60)73-74-34-27(57)40-66-15(9-46)33(34)72-39-26(56)21(51)31(13(7-44)65-39)70-37-24(54)19(49)29(11(5-42)63-37)68-35-22(52)17(47)28(10(4-41)61-35)67-36-23(53)18(48)30(12(6-43)62-36)69-38-25(55)20(50)32(71-40)14(8-45)64-38/h10-57H,2-9H2,1H3,(H,58,59,60)/t10-,11-,12-,13-,14-,15-,16?,17-,18-,19-,20-,21-,22-,23-,24-,25-,26-,27-,28-,29-,30-,31-,32-,33+,34-,35-,36-,37-,38-,39-,40-/m1/s1. The normalized spacial score (nSPS) is 50.8. The van der Waals surface area contributed by atoms with Gasteiger partial charge in [0.1, 0.15) is 140 Å². The molecule has 22 rings (SSSR count). The minimum atomic E-state index is -5.07. The van der Waals surface area contributed by atoms with Crippen molar-refractivity contribution in [2.75, 3.05) is 39.6 Å². The van der Waals surface area contributed by atoms with E-state index in [0.717, 1.165) is 0 Å². The number of hydrogen-bond donors (Lipinski definition) is 18. The Balaban J connectivity index is 1.24. The van der Waals surface area contributed by atoms with Crippen LogP contribution in [0.15, 0.2) is 0 Å². The van der Waals surface area contributed by atoms with E-state index in [1.165, 1.54) is 6.92 Å². The zero-order valence-electron chi connectivity index (χ0n) is 39.5. The number of rotatable bonds is 12. The predicted octanol–water partition coefficient (Wildman–Crippen LogP) is -12.1. The highest BCUT2D eigenvalue weighted by molar-refractivity contribution is 7.86. The molecule has 12 bridgehead atoms. The zero-order chi connectivity index (χ0) is 55.0. The van der Waals surface area contributed by atoms with Gasteiger partial charge in [0.25, 0.3) is 10.1 Å². The van der Waals surface area contributed by atoms with Crippen molar-refractivity contribution in [3.8, 4) is 0 Å². The second kappa shape index (κ2) is 26.1. The van der Waals surface area contributed by atoms with E-state index < -0.39 is 246 Å². The molecule has 0 amide bonds. The first-order valence-electron chi connectivity index (χ1n) is 23.8. The van der Waals surface area contributed by atoms with Crippen molar-refractivity contribution >= 4 is 10.1 Å². The summed E-state index contributed by atoms with van der Waals surface area (Å²) < 4.78 is 103. The molecule has 0 spiro atoms. The van der Waals surface area contributed by atoms with Gasteiger partial charge in [-0.2, -0.15) is 8.42 Å². The number of aliphatic hydroxyl groups is 17. The topological polar surface area (TPSA) is 528 Å². The molecule has 438 valence electrons. The van der Waals surface area contributed by atoms with Crippen molar-refractivity contribution < 1.29 is 166 Å². The molecule has 0 aromatic rings. The highest BCUT2D eigenvalue weighted by atomic mass is 32.2. The van der Waals surface area contributed by atoms with Crippen LogP contribution in [0.5, 0.6) is 0 Å². The Hall–Kier alpha value is -1.33. The van der Waals surface area contributed by atoms with Crippen molar-refractivity contribution in [1.29, 1.82) is 0 Å². The summed E-state index contributed by atoms with van der Waals surface area (Å²) in [6, 6.07) is 0. The van der Waals surface area contributed by atoms with E-state index in [1.54, 1.807) is 0 Å². The third-order valence-corrected chi connectivity index (χ3v) is 14.8. The molecular weight excluding hydrogens is 1060 g/mol. The molecule has 22 saturated heterocycles. The summed E-state index contributed by atoms with van der Waals surface area (Å²) >= 11 is 0. The molecule has 1 unspecified atom stereocenters. The lowest BCUT2D eigenvalue weighted by atomic mass is 9.94. The quantitative estimate of drug-likeness (QED) is 0.0490. The molecular formula is C40H68O34S. The maximum Gasteiger partial charge on any atom is 0.295 e. The summed E-state index contributed by atoms with van der Waals surface area (Å²) in [5, 5.41) is 188. The lowest BCUT2D eigenvalue weighted by Gasteiger charge is -2.51. The van der Waals surface area contributed by atoms with Gasteiger partial charge in [0.15, 0.2) is 43.8 Å². The van der Waals surface area contributed by atoms with E-state index >= 15 is 0 Å². The maximum absolute atomic E-state index is 12.2. The van der Waals surface area contributed by atoms with Gasteiger partial charge >= 0.3 is 0 Å². The van der Waals surface area contributed by atoms with Crippen LogP contribution in [-0.4, -0.2) is 329 Å². The van der Waals surface area contributed by atoms with Gasteiger partial charge in [-0.1, -0.05) is 13.3 Å². The molecule has 22 fully saturated rings. The van der Waals surface area contributed by atoms with Gasteiger partial charge in [-0.3, -0.25) is 4.55 Å². The average Bonchev–Trinajstić information content (AvgIpc) is 3.38. The molecule has 18 N–H and O–H groups in total. The summed E-state index contributed by atoms with van der Waals surface area (Å²) in [5.74, 6) is 0. The second-order valence-electron chi connectivity index (χ2n) is 18.7. The Bertz CT molecular complexity index is 1870. The fourth-order valence-electron chi connectivity index (χ4n) is 9.63. The van der Waals surface area contributed by atoms with Crippen molar-refractivity contribution in [2.24, 2.45) is 0 Å². The second-order valence-corrected chi connectivity index (χ2v) is 20.3. The molecule has 0 saturated carbocycles.